The molecule has 2 rings (SSSR count). The number of hydrogen-bond donors (Lipinski definition) is 1. The number of sulfonamides is 1. The van der Waals surface area contributed by atoms with E-state index in [1.165, 1.54) is 24.3 Å². The highest BCUT2D eigenvalue weighted by Crippen LogP contribution is 2.24. The van der Waals surface area contributed by atoms with Crippen molar-refractivity contribution in [2.24, 2.45) is 0 Å². The number of benzene rings is 1. The third-order valence-corrected chi connectivity index (χ3v) is 7.11. The molecular formula is C15H25ClN2O4S2. The van der Waals surface area contributed by atoms with Gasteiger partial charge in [-0.1, -0.05) is 6.92 Å². The maximum atomic E-state index is 12.9. The number of hydrogen-bond acceptors (Lipinski definition) is 5. The Morgan fingerprint density at radius 3 is 2.00 bits per heavy atom. The van der Waals surface area contributed by atoms with Gasteiger partial charge in [-0.25, -0.2) is 16.8 Å². The minimum Gasteiger partial charge on any atom is -0.317 e. The van der Waals surface area contributed by atoms with E-state index in [2.05, 4.69) is 5.32 Å². The first kappa shape index (κ1) is 21.4. The van der Waals surface area contributed by atoms with Crippen LogP contribution >= 0.6 is 12.4 Å². The molecule has 9 heteroatoms. The maximum absolute atomic E-state index is 12.9. The Morgan fingerprint density at radius 2 is 1.54 bits per heavy atom. The fraction of sp³-hybridized carbons (Fsp3) is 0.600. The molecule has 0 unspecified atom stereocenters. The van der Waals surface area contributed by atoms with Gasteiger partial charge in [-0.2, -0.15) is 4.31 Å². The molecule has 138 valence electrons. The average Bonchev–Trinajstić information content (AvgIpc) is 2.52. The fourth-order valence-corrected chi connectivity index (χ4v) is 5.22. The van der Waals surface area contributed by atoms with Gasteiger partial charge in [0.2, 0.25) is 10.0 Å². The minimum atomic E-state index is -3.61. The summed E-state index contributed by atoms with van der Waals surface area (Å²) in [6.07, 6.45) is 3.43. The fourth-order valence-electron chi connectivity index (χ4n) is 2.81. The van der Waals surface area contributed by atoms with E-state index in [1.54, 1.807) is 4.31 Å². The van der Waals surface area contributed by atoms with Gasteiger partial charge in [0.05, 0.1) is 9.79 Å². The molecule has 0 spiro atoms. The Kier molecular flexibility index (Phi) is 7.68. The molecule has 0 radical (unpaired) electrons. The van der Waals surface area contributed by atoms with E-state index < -0.39 is 19.9 Å². The van der Waals surface area contributed by atoms with Crippen molar-refractivity contribution in [2.75, 3.05) is 25.9 Å². The topological polar surface area (TPSA) is 83.6 Å². The Morgan fingerprint density at radius 1 is 1.04 bits per heavy atom. The summed E-state index contributed by atoms with van der Waals surface area (Å²) < 4.78 is 50.5. The van der Waals surface area contributed by atoms with Crippen LogP contribution in [0.2, 0.25) is 0 Å². The van der Waals surface area contributed by atoms with Gasteiger partial charge >= 0.3 is 0 Å². The van der Waals surface area contributed by atoms with Crippen molar-refractivity contribution in [1.29, 1.82) is 0 Å². The van der Waals surface area contributed by atoms with Crippen LogP contribution in [0, 0.1) is 0 Å². The Bertz CT molecular complexity index is 727. The molecule has 1 aromatic carbocycles. The first-order valence-electron chi connectivity index (χ1n) is 7.79. The number of sulfone groups is 1. The summed E-state index contributed by atoms with van der Waals surface area (Å²) in [5, 5.41) is 3.24. The second-order valence-electron chi connectivity index (χ2n) is 5.84. The highest BCUT2D eigenvalue weighted by atomic mass is 35.5. The van der Waals surface area contributed by atoms with Crippen LogP contribution in [-0.2, 0) is 19.9 Å². The largest absolute Gasteiger partial charge is 0.317 e. The molecule has 0 amide bonds. The summed E-state index contributed by atoms with van der Waals surface area (Å²) in [5.74, 6) is 0. The highest BCUT2D eigenvalue weighted by molar-refractivity contribution is 7.90. The summed E-state index contributed by atoms with van der Waals surface area (Å²) in [6, 6.07) is 5.48. The lowest BCUT2D eigenvalue weighted by atomic mass is 10.1. The zero-order valence-electron chi connectivity index (χ0n) is 13.9. The van der Waals surface area contributed by atoms with E-state index >= 15 is 0 Å². The van der Waals surface area contributed by atoms with Crippen molar-refractivity contribution in [3.05, 3.63) is 24.3 Å². The number of piperidine rings is 1. The monoisotopic (exact) mass is 396 g/mol. The molecule has 1 heterocycles. The molecular weight excluding hydrogens is 372 g/mol. The van der Waals surface area contributed by atoms with Gasteiger partial charge in [0.15, 0.2) is 9.84 Å². The predicted octanol–water partition coefficient (Wildman–Crippen LogP) is 1.66. The quantitative estimate of drug-likeness (QED) is 0.790. The SMILES string of the molecule is CCCN(C1CCNCC1)S(=O)(=O)c1ccc(S(C)(=O)=O)cc1.Cl. The maximum Gasteiger partial charge on any atom is 0.243 e. The Labute approximate surface area is 151 Å². The van der Waals surface area contributed by atoms with Crippen molar-refractivity contribution in [3.63, 3.8) is 0 Å². The van der Waals surface area contributed by atoms with Gasteiger partial charge in [-0.3, -0.25) is 0 Å². The van der Waals surface area contributed by atoms with Crippen molar-refractivity contribution < 1.29 is 16.8 Å². The summed E-state index contributed by atoms with van der Waals surface area (Å²) >= 11 is 0. The third kappa shape index (κ3) is 4.92. The van der Waals surface area contributed by atoms with E-state index in [0.29, 0.717) is 6.54 Å². The van der Waals surface area contributed by atoms with Gasteiger partial charge < -0.3 is 5.32 Å². The van der Waals surface area contributed by atoms with Crippen molar-refractivity contribution in [2.45, 2.75) is 42.0 Å². The Balaban J connectivity index is 0.00000288. The molecule has 6 nitrogen and oxygen atoms in total. The van der Waals surface area contributed by atoms with Crippen LogP contribution in [0.15, 0.2) is 34.1 Å². The van der Waals surface area contributed by atoms with Gasteiger partial charge in [0, 0.05) is 18.8 Å². The third-order valence-electron chi connectivity index (χ3n) is 4.02. The second kappa shape index (κ2) is 8.62. The number of rotatable bonds is 6. The smallest absolute Gasteiger partial charge is 0.243 e. The summed E-state index contributed by atoms with van der Waals surface area (Å²) in [5.41, 5.74) is 0. The molecule has 1 N–H and O–H groups in total. The predicted molar refractivity (Wildman–Crippen MR) is 96.9 cm³/mol. The van der Waals surface area contributed by atoms with Crippen LogP contribution in [0.25, 0.3) is 0 Å². The number of nitrogens with zero attached hydrogens (tertiary/aromatic N) is 1. The number of halogens is 1. The number of nitrogens with one attached hydrogen (secondary N) is 1. The second-order valence-corrected chi connectivity index (χ2v) is 9.75. The molecule has 1 aliphatic rings. The van der Waals surface area contributed by atoms with E-state index in [-0.39, 0.29) is 28.2 Å². The highest BCUT2D eigenvalue weighted by Gasteiger charge is 2.31. The standard InChI is InChI=1S/C15H24N2O4S2.ClH/c1-3-12-17(13-8-10-16-11-9-13)23(20,21)15-6-4-14(5-7-15)22(2,18)19;/h4-7,13,16H,3,8-12H2,1-2H3;1H. The average molecular weight is 397 g/mol. The van der Waals surface area contributed by atoms with Crippen molar-refractivity contribution in [3.8, 4) is 0 Å². The van der Waals surface area contributed by atoms with Crippen LogP contribution in [0.4, 0.5) is 0 Å². The van der Waals surface area contributed by atoms with E-state index in [0.717, 1.165) is 38.6 Å². The molecule has 1 saturated heterocycles. The van der Waals surface area contributed by atoms with Gasteiger partial charge in [0.1, 0.15) is 0 Å². The molecule has 0 aromatic heterocycles. The zero-order valence-corrected chi connectivity index (χ0v) is 16.4. The van der Waals surface area contributed by atoms with Crippen molar-refractivity contribution in [1.82, 2.24) is 9.62 Å². The molecule has 24 heavy (non-hydrogen) atoms. The lowest BCUT2D eigenvalue weighted by Gasteiger charge is -2.33. The molecule has 0 aliphatic carbocycles. The zero-order chi connectivity index (χ0) is 17.1. The van der Waals surface area contributed by atoms with Gasteiger partial charge in [-0.15, -0.1) is 12.4 Å². The first-order valence-corrected chi connectivity index (χ1v) is 11.1. The van der Waals surface area contributed by atoms with E-state index in [4.69, 9.17) is 0 Å². The summed E-state index contributed by atoms with van der Waals surface area (Å²) in [4.78, 5) is 0.275. The molecule has 1 aromatic rings. The van der Waals surface area contributed by atoms with Crippen molar-refractivity contribution >= 4 is 32.3 Å². The molecule has 1 fully saturated rings. The molecule has 0 saturated carbocycles. The van der Waals surface area contributed by atoms with Crippen LogP contribution in [0.5, 0.6) is 0 Å². The lowest BCUT2D eigenvalue weighted by Crippen LogP contribution is -2.46. The molecule has 0 bridgehead atoms. The van der Waals surface area contributed by atoms with Crippen LogP contribution < -0.4 is 5.32 Å². The summed E-state index contributed by atoms with van der Waals surface area (Å²) in [7, 11) is -6.95. The molecule has 1 aliphatic heterocycles. The van der Waals surface area contributed by atoms with E-state index in [9.17, 15) is 16.8 Å². The van der Waals surface area contributed by atoms with Crippen LogP contribution in [-0.4, -0.2) is 53.1 Å². The first-order chi connectivity index (χ1) is 10.8. The normalized spacial score (nSPS) is 16.8. The van der Waals surface area contributed by atoms with E-state index in [1.807, 2.05) is 6.92 Å². The lowest BCUT2D eigenvalue weighted by molar-refractivity contribution is 0.262. The molecule has 0 atom stereocenters. The summed E-state index contributed by atoms with van der Waals surface area (Å²) in [6.45, 7) is 4.05. The Hall–Kier alpha value is -0.670. The van der Waals surface area contributed by atoms with Crippen LogP contribution in [0.1, 0.15) is 26.2 Å². The van der Waals surface area contributed by atoms with Crippen LogP contribution in [0.3, 0.4) is 0 Å². The van der Waals surface area contributed by atoms with Gasteiger partial charge in [-0.05, 0) is 56.6 Å². The minimum absolute atomic E-state index is 0. The van der Waals surface area contributed by atoms with Gasteiger partial charge in [0.25, 0.3) is 0 Å².